The predicted molar refractivity (Wildman–Crippen MR) is 72.5 cm³/mol. The van der Waals surface area contributed by atoms with E-state index in [4.69, 9.17) is 11.6 Å². The van der Waals surface area contributed by atoms with Crippen LogP contribution in [0.4, 0.5) is 13.2 Å². The number of carbonyl (C=O) groups is 1. The molecule has 2 rings (SSSR count). The first-order valence-corrected chi connectivity index (χ1v) is 6.39. The lowest BCUT2D eigenvalue weighted by Gasteiger charge is -2.11. The Morgan fingerprint density at radius 2 is 1.57 bits per heavy atom. The summed E-state index contributed by atoms with van der Waals surface area (Å²) in [4.78, 5) is 12.1. The standard InChI is InChI=1S/C15H10ClF3O2/c16-13(14(20)11-4-2-1-3-5-11)10-6-8-12(9-7-10)21-15(17,18)19/h1-9,13H. The first kappa shape index (κ1) is 15.4. The maximum absolute atomic E-state index is 12.1. The Morgan fingerprint density at radius 3 is 2.10 bits per heavy atom. The quantitative estimate of drug-likeness (QED) is 0.601. The van der Waals surface area contributed by atoms with E-state index < -0.39 is 11.7 Å². The van der Waals surface area contributed by atoms with Gasteiger partial charge in [0.15, 0.2) is 5.78 Å². The molecular weight excluding hydrogens is 305 g/mol. The number of ketones is 1. The SMILES string of the molecule is O=C(c1ccccc1)C(Cl)c1ccc(OC(F)(F)F)cc1. The van der Waals surface area contributed by atoms with Crippen molar-refractivity contribution in [3.05, 3.63) is 65.7 Å². The highest BCUT2D eigenvalue weighted by Gasteiger charge is 2.31. The Hall–Kier alpha value is -2.01. The molecule has 0 fully saturated rings. The van der Waals surface area contributed by atoms with E-state index in [2.05, 4.69) is 4.74 Å². The summed E-state index contributed by atoms with van der Waals surface area (Å²) in [6.45, 7) is 0. The highest BCUT2D eigenvalue weighted by atomic mass is 35.5. The molecule has 2 nitrogen and oxygen atoms in total. The van der Waals surface area contributed by atoms with Gasteiger partial charge < -0.3 is 4.74 Å². The van der Waals surface area contributed by atoms with Crippen molar-refractivity contribution in [3.63, 3.8) is 0 Å². The predicted octanol–water partition coefficient (Wildman–Crippen LogP) is 4.75. The van der Waals surface area contributed by atoms with Crippen molar-refractivity contribution in [1.29, 1.82) is 0 Å². The lowest BCUT2D eigenvalue weighted by molar-refractivity contribution is -0.274. The number of hydrogen-bond donors (Lipinski definition) is 0. The average molecular weight is 315 g/mol. The van der Waals surface area contributed by atoms with Gasteiger partial charge in [0.25, 0.3) is 0 Å². The van der Waals surface area contributed by atoms with Crippen LogP contribution in [-0.2, 0) is 0 Å². The maximum atomic E-state index is 12.1. The maximum Gasteiger partial charge on any atom is 0.573 e. The lowest BCUT2D eigenvalue weighted by Crippen LogP contribution is -2.17. The molecule has 21 heavy (non-hydrogen) atoms. The molecule has 0 aromatic heterocycles. The van der Waals surface area contributed by atoms with Crippen molar-refractivity contribution in [3.8, 4) is 5.75 Å². The Labute approximate surface area is 124 Å². The topological polar surface area (TPSA) is 26.3 Å². The molecule has 6 heteroatoms. The van der Waals surface area contributed by atoms with Gasteiger partial charge in [-0.15, -0.1) is 24.8 Å². The summed E-state index contributed by atoms with van der Waals surface area (Å²) >= 11 is 6.06. The zero-order chi connectivity index (χ0) is 15.5. The molecule has 0 spiro atoms. The van der Waals surface area contributed by atoms with Gasteiger partial charge in [-0.05, 0) is 17.7 Å². The van der Waals surface area contributed by atoms with Gasteiger partial charge in [-0.25, -0.2) is 0 Å². The summed E-state index contributed by atoms with van der Waals surface area (Å²) in [6.07, 6.45) is -4.75. The summed E-state index contributed by atoms with van der Waals surface area (Å²) in [7, 11) is 0. The smallest absolute Gasteiger partial charge is 0.406 e. The summed E-state index contributed by atoms with van der Waals surface area (Å²) in [6, 6.07) is 13.3. The summed E-state index contributed by atoms with van der Waals surface area (Å²) in [5.41, 5.74) is 0.841. The second-order valence-corrected chi connectivity index (χ2v) is 4.65. The fraction of sp³-hybridized carbons (Fsp3) is 0.133. The number of ether oxygens (including phenoxy) is 1. The third-order valence-electron chi connectivity index (χ3n) is 2.69. The first-order chi connectivity index (χ1) is 9.87. The molecule has 110 valence electrons. The minimum Gasteiger partial charge on any atom is -0.406 e. The van der Waals surface area contributed by atoms with Crippen LogP contribution in [0.25, 0.3) is 0 Å². The Morgan fingerprint density at radius 1 is 1.00 bits per heavy atom. The van der Waals surface area contributed by atoms with Gasteiger partial charge in [0.05, 0.1) is 0 Å². The van der Waals surface area contributed by atoms with Gasteiger partial charge in [-0.3, -0.25) is 4.79 Å². The summed E-state index contributed by atoms with van der Waals surface area (Å²) in [5, 5.41) is -0.965. The second kappa shape index (κ2) is 6.18. The molecule has 0 aliphatic carbocycles. The molecule has 0 saturated carbocycles. The molecule has 0 saturated heterocycles. The minimum absolute atomic E-state index is 0.318. The number of Topliss-reactive ketones (excluding diaryl/α,β-unsaturated/α-hetero) is 1. The fourth-order valence-electron chi connectivity index (χ4n) is 1.74. The van der Waals surface area contributed by atoms with Gasteiger partial charge >= 0.3 is 6.36 Å². The summed E-state index contributed by atoms with van der Waals surface area (Å²) in [5.74, 6) is -0.677. The van der Waals surface area contributed by atoms with Crippen LogP contribution in [0, 0.1) is 0 Å². The van der Waals surface area contributed by atoms with Gasteiger partial charge in [-0.1, -0.05) is 42.5 Å². The zero-order valence-electron chi connectivity index (χ0n) is 10.6. The van der Waals surface area contributed by atoms with E-state index in [1.807, 2.05) is 0 Å². The molecule has 2 aromatic rings. The van der Waals surface area contributed by atoms with E-state index in [1.54, 1.807) is 30.3 Å². The van der Waals surface area contributed by atoms with E-state index in [0.717, 1.165) is 12.1 Å². The van der Waals surface area contributed by atoms with Crippen LogP contribution in [0.3, 0.4) is 0 Å². The van der Waals surface area contributed by atoms with Crippen molar-refractivity contribution in [2.45, 2.75) is 11.7 Å². The molecule has 1 atom stereocenters. The molecular formula is C15H10ClF3O2. The van der Waals surface area contributed by atoms with Crippen molar-refractivity contribution < 1.29 is 22.7 Å². The van der Waals surface area contributed by atoms with Crippen LogP contribution in [0.5, 0.6) is 5.75 Å². The van der Waals surface area contributed by atoms with Gasteiger partial charge in [0.2, 0.25) is 0 Å². The Bertz CT molecular complexity index is 609. The van der Waals surface area contributed by atoms with Crippen LogP contribution in [0.15, 0.2) is 54.6 Å². The van der Waals surface area contributed by atoms with Crippen molar-refractivity contribution >= 4 is 17.4 Å². The summed E-state index contributed by atoms with van der Waals surface area (Å²) < 4.78 is 39.9. The van der Waals surface area contributed by atoms with Gasteiger partial charge in [-0.2, -0.15) is 0 Å². The third-order valence-corrected chi connectivity index (χ3v) is 3.15. The van der Waals surface area contributed by atoms with Crippen LogP contribution >= 0.6 is 11.6 Å². The lowest BCUT2D eigenvalue weighted by atomic mass is 10.0. The third kappa shape index (κ3) is 4.23. The average Bonchev–Trinajstić information content (AvgIpc) is 2.46. The number of alkyl halides is 4. The first-order valence-electron chi connectivity index (χ1n) is 5.96. The normalized spacial score (nSPS) is 12.8. The number of benzene rings is 2. The van der Waals surface area contributed by atoms with Crippen LogP contribution in [-0.4, -0.2) is 12.1 Å². The highest BCUT2D eigenvalue weighted by molar-refractivity contribution is 6.33. The number of halogens is 4. The largest absolute Gasteiger partial charge is 0.573 e. The van der Waals surface area contributed by atoms with Crippen molar-refractivity contribution in [2.75, 3.05) is 0 Å². The van der Waals surface area contributed by atoms with Crippen molar-refractivity contribution in [2.24, 2.45) is 0 Å². The molecule has 0 bridgehead atoms. The second-order valence-electron chi connectivity index (χ2n) is 4.21. The molecule has 0 N–H and O–H groups in total. The van der Waals surface area contributed by atoms with Gasteiger partial charge in [0, 0.05) is 5.56 Å². The monoisotopic (exact) mass is 314 g/mol. The number of rotatable bonds is 4. The van der Waals surface area contributed by atoms with E-state index in [0.29, 0.717) is 11.1 Å². The van der Waals surface area contributed by atoms with E-state index in [1.165, 1.54) is 12.1 Å². The zero-order valence-corrected chi connectivity index (χ0v) is 11.4. The number of carbonyl (C=O) groups excluding carboxylic acids is 1. The minimum atomic E-state index is -4.75. The van der Waals surface area contributed by atoms with Crippen molar-refractivity contribution in [1.82, 2.24) is 0 Å². The molecule has 0 aliphatic heterocycles. The molecule has 0 radical (unpaired) electrons. The molecule has 0 heterocycles. The number of hydrogen-bond acceptors (Lipinski definition) is 2. The molecule has 0 aliphatic rings. The molecule has 1 unspecified atom stereocenters. The Kier molecular flexibility index (Phi) is 4.53. The van der Waals surface area contributed by atoms with E-state index >= 15 is 0 Å². The highest BCUT2D eigenvalue weighted by Crippen LogP contribution is 2.28. The van der Waals surface area contributed by atoms with Gasteiger partial charge in [0.1, 0.15) is 11.1 Å². The Balaban J connectivity index is 2.13. The van der Waals surface area contributed by atoms with Crippen LogP contribution in [0.1, 0.15) is 21.3 Å². The van der Waals surface area contributed by atoms with E-state index in [-0.39, 0.29) is 11.5 Å². The molecule has 2 aromatic carbocycles. The van der Waals surface area contributed by atoms with Crippen LogP contribution in [0.2, 0.25) is 0 Å². The van der Waals surface area contributed by atoms with E-state index in [9.17, 15) is 18.0 Å². The molecule has 0 amide bonds. The fourth-order valence-corrected chi connectivity index (χ4v) is 2.01. The van der Waals surface area contributed by atoms with Crippen LogP contribution < -0.4 is 4.74 Å².